The van der Waals surface area contributed by atoms with Gasteiger partial charge in [0, 0.05) is 6.08 Å². The van der Waals surface area contributed by atoms with Crippen LogP contribution in [0.1, 0.15) is 16.7 Å². The third-order valence-corrected chi connectivity index (χ3v) is 5.36. The standard InChI is InChI=1S/C30H32O5/c1-3-27(33-21-24-13-7-4-8-14-24)30(35-23-26-17-11-6-12-18-26)28(19-20-29(31)32-2)34-22-25-15-9-5-10-16-25/h3-20,27-28,30H,1,21-23H2,2H3/b20-19+/t27-,28+,30+/m1/s1. The van der Waals surface area contributed by atoms with Crippen LogP contribution < -0.4 is 0 Å². The molecule has 0 aliphatic carbocycles. The highest BCUT2D eigenvalue weighted by atomic mass is 16.6. The number of carbonyl (C=O) groups is 1. The van der Waals surface area contributed by atoms with Gasteiger partial charge in [-0.15, -0.1) is 6.58 Å². The summed E-state index contributed by atoms with van der Waals surface area (Å²) in [6.07, 6.45) is 3.06. The van der Waals surface area contributed by atoms with Crippen molar-refractivity contribution in [3.8, 4) is 0 Å². The molecule has 0 saturated heterocycles. The zero-order valence-electron chi connectivity index (χ0n) is 20.0. The van der Waals surface area contributed by atoms with E-state index in [1.807, 2.05) is 91.0 Å². The molecular weight excluding hydrogens is 440 g/mol. The number of benzene rings is 3. The van der Waals surface area contributed by atoms with Crippen molar-refractivity contribution >= 4 is 5.97 Å². The van der Waals surface area contributed by atoms with Gasteiger partial charge in [-0.3, -0.25) is 0 Å². The molecule has 0 spiro atoms. The molecule has 0 unspecified atom stereocenters. The van der Waals surface area contributed by atoms with E-state index in [1.54, 1.807) is 12.2 Å². The van der Waals surface area contributed by atoms with Crippen LogP contribution in [0.4, 0.5) is 0 Å². The van der Waals surface area contributed by atoms with E-state index in [2.05, 4.69) is 6.58 Å². The zero-order chi connectivity index (χ0) is 24.7. The summed E-state index contributed by atoms with van der Waals surface area (Å²) in [5, 5.41) is 0. The highest BCUT2D eigenvalue weighted by Crippen LogP contribution is 2.20. The van der Waals surface area contributed by atoms with E-state index in [9.17, 15) is 4.79 Å². The molecule has 3 aromatic rings. The Balaban J connectivity index is 1.83. The molecule has 0 fully saturated rings. The quantitative estimate of drug-likeness (QED) is 0.172. The Bertz CT molecular complexity index is 1030. The zero-order valence-corrected chi connectivity index (χ0v) is 20.0. The van der Waals surface area contributed by atoms with Crippen molar-refractivity contribution in [1.29, 1.82) is 0 Å². The number of rotatable bonds is 14. The summed E-state index contributed by atoms with van der Waals surface area (Å²) in [6.45, 7) is 5.06. The maximum absolute atomic E-state index is 11.9. The predicted octanol–water partition coefficient (Wildman–Crippen LogP) is 5.66. The van der Waals surface area contributed by atoms with Crippen molar-refractivity contribution in [3.05, 3.63) is 132 Å². The molecule has 0 bridgehead atoms. The Kier molecular flexibility index (Phi) is 11.0. The van der Waals surface area contributed by atoms with Gasteiger partial charge in [-0.1, -0.05) is 97.1 Å². The molecule has 0 amide bonds. The van der Waals surface area contributed by atoms with Gasteiger partial charge in [-0.2, -0.15) is 0 Å². The molecule has 0 saturated carbocycles. The molecule has 0 N–H and O–H groups in total. The normalized spacial score (nSPS) is 13.7. The minimum atomic E-state index is -0.600. The third kappa shape index (κ3) is 8.98. The highest BCUT2D eigenvalue weighted by Gasteiger charge is 2.29. The molecule has 5 nitrogen and oxygen atoms in total. The average molecular weight is 473 g/mol. The lowest BCUT2D eigenvalue weighted by molar-refractivity contribution is -0.135. The molecule has 3 aromatic carbocycles. The first-order valence-corrected chi connectivity index (χ1v) is 11.5. The maximum atomic E-state index is 11.9. The largest absolute Gasteiger partial charge is 0.466 e. The molecule has 182 valence electrons. The number of ether oxygens (including phenoxy) is 4. The second-order valence-corrected chi connectivity index (χ2v) is 7.90. The minimum absolute atomic E-state index is 0.338. The number of hydrogen-bond donors (Lipinski definition) is 0. The van der Waals surface area contributed by atoms with Crippen molar-refractivity contribution in [2.45, 2.75) is 38.1 Å². The van der Waals surface area contributed by atoms with E-state index >= 15 is 0 Å². The number of carbonyl (C=O) groups excluding carboxylic acids is 1. The van der Waals surface area contributed by atoms with E-state index in [-0.39, 0.29) is 0 Å². The smallest absolute Gasteiger partial charge is 0.330 e. The minimum Gasteiger partial charge on any atom is -0.466 e. The SMILES string of the molecule is C=C[C@@H](OCc1ccccc1)[C@H](OCc1ccccc1)[C@H](/C=C/C(=O)OC)OCc1ccccc1. The monoisotopic (exact) mass is 472 g/mol. The molecule has 0 heterocycles. The Hall–Kier alpha value is -3.51. The molecule has 5 heteroatoms. The van der Waals surface area contributed by atoms with E-state index in [1.165, 1.54) is 13.2 Å². The van der Waals surface area contributed by atoms with Crippen LogP contribution in [0.5, 0.6) is 0 Å². The summed E-state index contributed by atoms with van der Waals surface area (Å²) in [6, 6.07) is 29.6. The van der Waals surface area contributed by atoms with Crippen LogP contribution in [0, 0.1) is 0 Å². The molecule has 0 radical (unpaired) electrons. The van der Waals surface area contributed by atoms with Crippen LogP contribution in [0.15, 0.2) is 116 Å². The lowest BCUT2D eigenvalue weighted by Crippen LogP contribution is -2.41. The van der Waals surface area contributed by atoms with Crippen LogP contribution in [0.25, 0.3) is 0 Å². The van der Waals surface area contributed by atoms with E-state index < -0.39 is 24.3 Å². The van der Waals surface area contributed by atoms with Gasteiger partial charge in [-0.25, -0.2) is 4.79 Å². The molecular formula is C30H32O5. The van der Waals surface area contributed by atoms with Crippen LogP contribution in [-0.4, -0.2) is 31.4 Å². The van der Waals surface area contributed by atoms with E-state index in [0.717, 1.165) is 16.7 Å². The van der Waals surface area contributed by atoms with Crippen molar-refractivity contribution in [2.75, 3.05) is 7.11 Å². The van der Waals surface area contributed by atoms with Crippen molar-refractivity contribution in [1.82, 2.24) is 0 Å². The van der Waals surface area contributed by atoms with Gasteiger partial charge in [-0.05, 0) is 22.8 Å². The molecule has 0 aliphatic rings. The second-order valence-electron chi connectivity index (χ2n) is 7.90. The lowest BCUT2D eigenvalue weighted by atomic mass is 10.1. The van der Waals surface area contributed by atoms with E-state index in [4.69, 9.17) is 18.9 Å². The Morgan fingerprint density at radius 1 is 0.714 bits per heavy atom. The fourth-order valence-electron chi connectivity index (χ4n) is 3.48. The first kappa shape index (κ1) is 26.1. The maximum Gasteiger partial charge on any atom is 0.330 e. The van der Waals surface area contributed by atoms with Crippen molar-refractivity contribution < 1.29 is 23.7 Å². The van der Waals surface area contributed by atoms with Crippen molar-refractivity contribution in [2.24, 2.45) is 0 Å². The first-order chi connectivity index (χ1) is 17.2. The molecule has 35 heavy (non-hydrogen) atoms. The Labute approximate surface area is 207 Å². The van der Waals surface area contributed by atoms with Gasteiger partial charge < -0.3 is 18.9 Å². The van der Waals surface area contributed by atoms with E-state index in [0.29, 0.717) is 19.8 Å². The topological polar surface area (TPSA) is 54.0 Å². The molecule has 3 rings (SSSR count). The predicted molar refractivity (Wildman–Crippen MR) is 136 cm³/mol. The number of hydrogen-bond acceptors (Lipinski definition) is 5. The number of methoxy groups -OCH3 is 1. The fourth-order valence-corrected chi connectivity index (χ4v) is 3.48. The summed E-state index contributed by atoms with van der Waals surface area (Å²) in [7, 11) is 1.34. The molecule has 0 aromatic heterocycles. The van der Waals surface area contributed by atoms with Crippen molar-refractivity contribution in [3.63, 3.8) is 0 Å². The van der Waals surface area contributed by atoms with Gasteiger partial charge in [0.1, 0.15) is 18.3 Å². The fraction of sp³-hybridized carbons (Fsp3) is 0.233. The average Bonchev–Trinajstić information content (AvgIpc) is 2.92. The van der Waals surface area contributed by atoms with Gasteiger partial charge >= 0.3 is 5.97 Å². The van der Waals surface area contributed by atoms with Crippen LogP contribution in [-0.2, 0) is 43.6 Å². The third-order valence-electron chi connectivity index (χ3n) is 5.36. The summed E-state index contributed by atoms with van der Waals surface area (Å²) in [5.41, 5.74) is 3.06. The molecule has 3 atom stereocenters. The van der Waals surface area contributed by atoms with Crippen LogP contribution >= 0.6 is 0 Å². The first-order valence-electron chi connectivity index (χ1n) is 11.5. The second kappa shape index (κ2) is 14.7. The van der Waals surface area contributed by atoms with Gasteiger partial charge in [0.05, 0.1) is 26.9 Å². The Morgan fingerprint density at radius 3 is 1.57 bits per heavy atom. The highest BCUT2D eigenvalue weighted by molar-refractivity contribution is 5.81. The lowest BCUT2D eigenvalue weighted by Gasteiger charge is -2.31. The van der Waals surface area contributed by atoms with Gasteiger partial charge in [0.15, 0.2) is 0 Å². The van der Waals surface area contributed by atoms with Crippen LogP contribution in [0.3, 0.4) is 0 Å². The summed E-state index contributed by atoms with van der Waals surface area (Å²) >= 11 is 0. The van der Waals surface area contributed by atoms with Gasteiger partial charge in [0.2, 0.25) is 0 Å². The molecule has 0 aliphatic heterocycles. The Morgan fingerprint density at radius 2 is 1.14 bits per heavy atom. The number of esters is 1. The van der Waals surface area contributed by atoms with Crippen LogP contribution in [0.2, 0.25) is 0 Å². The summed E-state index contributed by atoms with van der Waals surface area (Å²) in [4.78, 5) is 11.9. The van der Waals surface area contributed by atoms with Gasteiger partial charge in [0.25, 0.3) is 0 Å². The summed E-state index contributed by atoms with van der Waals surface area (Å²) < 4.78 is 23.6. The summed E-state index contributed by atoms with van der Waals surface area (Å²) in [5.74, 6) is -0.472.